The molecule has 7 aliphatic heterocycles. The lowest BCUT2D eigenvalue weighted by atomic mass is 9.86. The third-order valence-electron chi connectivity index (χ3n) is 9.80. The van der Waals surface area contributed by atoms with Crippen molar-refractivity contribution < 1.29 is 99.5 Å². The van der Waals surface area contributed by atoms with Crippen LogP contribution in [-0.2, 0) is 99.5 Å². The van der Waals surface area contributed by atoms with Crippen LogP contribution in [0.4, 0.5) is 0 Å². The van der Waals surface area contributed by atoms with Gasteiger partial charge in [-0.05, 0) is 35.5 Å². The van der Waals surface area contributed by atoms with Gasteiger partial charge in [-0.3, -0.25) is 0 Å². The number of rotatable bonds is 28. The van der Waals surface area contributed by atoms with Gasteiger partial charge in [0.15, 0.2) is 24.8 Å². The topological polar surface area (TPSA) is 194 Å². The first kappa shape index (κ1) is 56.1. The van der Waals surface area contributed by atoms with Gasteiger partial charge in [0, 0.05) is 64.0 Å². The van der Waals surface area contributed by atoms with Crippen molar-refractivity contribution in [1.29, 1.82) is 0 Å². The lowest BCUT2D eigenvalue weighted by Gasteiger charge is -2.42. The summed E-state index contributed by atoms with van der Waals surface area (Å²) in [6.45, 7) is -1.29. The fourth-order valence-corrected chi connectivity index (χ4v) is 7.09. The quantitative estimate of drug-likeness (QED) is 0.0572. The van der Waals surface area contributed by atoms with Gasteiger partial charge in [0.2, 0.25) is 0 Å². The molecule has 0 radical (unpaired) electrons. The summed E-state index contributed by atoms with van der Waals surface area (Å²) in [5, 5.41) is 0. The average molecular weight is 951 g/mol. The highest BCUT2D eigenvalue weighted by Gasteiger charge is 2.50. The molecule has 21 heteroatoms. The summed E-state index contributed by atoms with van der Waals surface area (Å²) in [6.07, 6.45) is -11.3. The maximum absolute atomic E-state index is 6.58. The maximum Gasteiger partial charge on any atom is 0.178 e. The van der Waals surface area contributed by atoms with Crippen LogP contribution in [0.3, 0.4) is 0 Å². The lowest BCUT2D eigenvalue weighted by Crippen LogP contribution is -2.57. The van der Waals surface area contributed by atoms with Crippen LogP contribution < -0.4 is 0 Å². The second-order valence-electron chi connectivity index (χ2n) is 14.3. The number of hydrogen-bond donors (Lipinski definition) is 0. The van der Waals surface area contributed by atoms with E-state index in [2.05, 4.69) is 71.0 Å². The van der Waals surface area contributed by atoms with Gasteiger partial charge < -0.3 is 99.5 Å². The zero-order valence-electron chi connectivity index (χ0n) is 39.3. The lowest BCUT2D eigenvalue weighted by molar-refractivity contribution is -0.301. The molecule has 0 aliphatic carbocycles. The number of ether oxygens (including phenoxy) is 21. The van der Waals surface area contributed by atoms with E-state index in [1.54, 1.807) is 0 Å². The Balaban J connectivity index is 2.02. The number of methoxy groups -OCH3 is 9. The second-order valence-corrected chi connectivity index (χ2v) is 14.3. The number of fused-ring (bicyclic) bond motifs is 2. The molecule has 15 atom stereocenters. The molecule has 7 rings (SSSR count). The van der Waals surface area contributed by atoms with Crippen molar-refractivity contribution in [3.63, 3.8) is 0 Å². The summed E-state index contributed by atoms with van der Waals surface area (Å²) in [6, 6.07) is 0. The number of hydrogen-bond acceptors (Lipinski definition) is 21. The van der Waals surface area contributed by atoms with Crippen molar-refractivity contribution in [2.75, 3.05) is 132 Å². The molecule has 0 spiro atoms. The summed E-state index contributed by atoms with van der Waals surface area (Å²) >= 11 is 0. The zero-order chi connectivity index (χ0) is 48.1. The Morgan fingerprint density at radius 2 is 0.582 bits per heavy atom. The predicted molar refractivity (Wildman–Crippen MR) is 227 cm³/mol. The summed E-state index contributed by atoms with van der Waals surface area (Å²) in [5.74, 6) is 33.7. The van der Waals surface area contributed by atoms with Crippen LogP contribution in [0.15, 0.2) is 0 Å². The van der Waals surface area contributed by atoms with Crippen LogP contribution in [0.2, 0.25) is 0 Å². The van der Waals surface area contributed by atoms with E-state index in [4.69, 9.17) is 99.5 Å². The van der Waals surface area contributed by atoms with Crippen molar-refractivity contribution in [1.82, 2.24) is 0 Å². The SMILES string of the molecule is COCOC[C@@H]1OC2C#CC#CC3O[C@H](OCOC)C(C#CC#CC4O[C@H](OCOC)C(C#CC#CC1[C@H](OCOC)[C@H]2OCOC)[C@H](OCOC)[C@H]4OCOC)[C@H](OCOC)[C@H]3OCOC. The minimum atomic E-state index is -1.09. The fourth-order valence-electron chi connectivity index (χ4n) is 7.09. The molecule has 0 aromatic carbocycles. The third kappa shape index (κ3) is 17.5. The van der Waals surface area contributed by atoms with Gasteiger partial charge in [-0.25, -0.2) is 0 Å². The molecule has 0 amide bonds. The van der Waals surface area contributed by atoms with E-state index in [1.165, 1.54) is 64.0 Å². The Kier molecular flexibility index (Phi) is 27.7. The fraction of sp³-hybridized carbons (Fsp3) is 0.739. The molecule has 0 aromatic heterocycles. The van der Waals surface area contributed by atoms with Crippen LogP contribution >= 0.6 is 0 Å². The predicted octanol–water partition coefficient (Wildman–Crippen LogP) is -0.118. The van der Waals surface area contributed by atoms with Crippen LogP contribution in [0.5, 0.6) is 0 Å². The maximum atomic E-state index is 6.58. The summed E-state index contributed by atoms with van der Waals surface area (Å²) in [4.78, 5) is 0. The molecular formula is C46H62O21. The van der Waals surface area contributed by atoms with Crippen molar-refractivity contribution in [3.05, 3.63) is 0 Å². The van der Waals surface area contributed by atoms with Gasteiger partial charge >= 0.3 is 0 Å². The molecule has 6 bridgehead atoms. The monoisotopic (exact) mass is 950 g/mol. The van der Waals surface area contributed by atoms with Crippen LogP contribution in [0.1, 0.15) is 0 Å². The van der Waals surface area contributed by atoms with Crippen LogP contribution in [-0.4, -0.2) is 205 Å². The van der Waals surface area contributed by atoms with Gasteiger partial charge in [0.25, 0.3) is 0 Å². The van der Waals surface area contributed by atoms with Gasteiger partial charge in [-0.2, -0.15) is 0 Å². The Labute approximate surface area is 393 Å². The smallest absolute Gasteiger partial charge is 0.178 e. The van der Waals surface area contributed by atoms with E-state index in [0.29, 0.717) is 0 Å². The van der Waals surface area contributed by atoms with Crippen molar-refractivity contribution >= 4 is 0 Å². The Morgan fingerprint density at radius 3 is 0.940 bits per heavy atom. The third-order valence-corrected chi connectivity index (χ3v) is 9.80. The van der Waals surface area contributed by atoms with Gasteiger partial charge in [-0.1, -0.05) is 35.5 Å². The van der Waals surface area contributed by atoms with E-state index in [9.17, 15) is 0 Å². The Bertz CT molecular complexity index is 1800. The van der Waals surface area contributed by atoms with Crippen LogP contribution in [0, 0.1) is 88.8 Å². The molecule has 3 saturated heterocycles. The second kappa shape index (κ2) is 33.1. The van der Waals surface area contributed by atoms with Gasteiger partial charge in [-0.15, -0.1) is 0 Å². The largest absolute Gasteiger partial charge is 0.359 e. The first-order chi connectivity index (χ1) is 32.9. The molecule has 21 nitrogen and oxygen atoms in total. The molecule has 372 valence electrons. The molecule has 3 fully saturated rings. The molecule has 7 aliphatic rings. The van der Waals surface area contributed by atoms with E-state index < -0.39 is 91.4 Å². The average Bonchev–Trinajstić information content (AvgIpc) is 3.33. The minimum absolute atomic E-state index is 0.00972. The first-order valence-electron chi connectivity index (χ1n) is 20.8. The summed E-state index contributed by atoms with van der Waals surface area (Å²) < 4.78 is 122. The Hall–Kier alpha value is -3.48. The molecule has 0 aromatic rings. The molecule has 67 heavy (non-hydrogen) atoms. The summed E-state index contributed by atoms with van der Waals surface area (Å²) in [7, 11) is 13.3. The van der Waals surface area contributed by atoms with Gasteiger partial charge in [0.05, 0.1) is 18.6 Å². The van der Waals surface area contributed by atoms with E-state index in [-0.39, 0.29) is 67.7 Å². The van der Waals surface area contributed by atoms with Crippen molar-refractivity contribution in [2.45, 2.75) is 73.6 Å². The molecule has 7 heterocycles. The van der Waals surface area contributed by atoms with Crippen molar-refractivity contribution in [3.8, 4) is 71.0 Å². The van der Waals surface area contributed by atoms with Crippen LogP contribution in [0.25, 0.3) is 0 Å². The normalized spacial score (nSPS) is 32.1. The van der Waals surface area contributed by atoms with E-state index in [1.807, 2.05) is 0 Å². The van der Waals surface area contributed by atoms with Gasteiger partial charge in [0.1, 0.15) is 116 Å². The van der Waals surface area contributed by atoms with Crippen molar-refractivity contribution in [2.24, 2.45) is 17.8 Å². The Morgan fingerprint density at radius 1 is 0.299 bits per heavy atom. The van der Waals surface area contributed by atoms with E-state index in [0.717, 1.165) is 0 Å². The first-order valence-corrected chi connectivity index (χ1v) is 20.8. The highest BCUT2D eigenvalue weighted by atomic mass is 16.8. The highest BCUT2D eigenvalue weighted by molar-refractivity contribution is 5.35. The zero-order valence-corrected chi connectivity index (χ0v) is 39.3. The molecular weight excluding hydrogens is 888 g/mol. The standard InChI is InChI=1S/C46H62O21/c1-47-23-56-22-38-32-16-10-11-17-33-40(58-25-49-3)43(61-28-52-6)36(66-45(33)63-30-54-8)20-13-12-18-34-41(59-26-50-4)44(62-29-53-7)37(67-46(34)64-31-55-9)21-15-14-19-35(65-38)42(60-27-51-5)39(32)57-24-48-2/h32-46H,22-31H2,1-9H3/t32?,33?,34?,35?,36?,37?,38-,39-,40-,41-,42-,43-,44-,45-,46-/m0/s1. The van der Waals surface area contributed by atoms with E-state index >= 15 is 0 Å². The molecule has 0 saturated carbocycles. The molecule has 6 unspecified atom stereocenters. The highest BCUT2D eigenvalue weighted by Crippen LogP contribution is 2.34. The molecule has 0 N–H and O–H groups in total. The summed E-state index contributed by atoms with van der Waals surface area (Å²) in [5.41, 5.74) is 0. The minimum Gasteiger partial charge on any atom is -0.359 e.